The van der Waals surface area contributed by atoms with Crippen molar-refractivity contribution in [2.24, 2.45) is 5.92 Å². The first-order chi connectivity index (χ1) is 17.3. The van der Waals surface area contributed by atoms with Gasteiger partial charge in [-0.3, -0.25) is 4.79 Å². The first-order valence-electron chi connectivity index (χ1n) is 12.0. The summed E-state index contributed by atoms with van der Waals surface area (Å²) in [4.78, 5) is 11.5. The van der Waals surface area contributed by atoms with Crippen molar-refractivity contribution in [3.8, 4) is 16.6 Å². The highest BCUT2D eigenvalue weighted by molar-refractivity contribution is 7.91. The number of methoxy groups -OCH3 is 1. The van der Waals surface area contributed by atoms with Crippen molar-refractivity contribution < 1.29 is 22.7 Å². The monoisotopic (exact) mass is 547 g/mol. The molecule has 0 atom stereocenters. The molecule has 1 aromatic heterocycles. The Morgan fingerprint density at radius 1 is 1.03 bits per heavy atom. The molecule has 36 heavy (non-hydrogen) atoms. The SMILES string of the molecule is COc1ccc(CN(CC2CCCCC2)S(=O)(=O)c2cc(Cl)c(Oc3ccc(C(C)=O)cc3)s2)cc1. The van der Waals surface area contributed by atoms with E-state index in [0.29, 0.717) is 28.8 Å². The lowest BCUT2D eigenvalue weighted by Crippen LogP contribution is -2.35. The molecule has 1 aliphatic rings. The standard InChI is InChI=1S/C27H30ClNO5S2/c1-19(30)22-10-14-24(15-11-22)34-27-25(28)16-26(35-27)36(31,32)29(17-20-6-4-3-5-7-20)18-21-8-12-23(33-2)13-9-21/h8-16,20H,3-7,17-18H2,1-2H3. The number of carbonyl (C=O) groups is 1. The Morgan fingerprint density at radius 3 is 2.28 bits per heavy atom. The van der Waals surface area contributed by atoms with Gasteiger partial charge in [0.05, 0.1) is 12.1 Å². The molecule has 0 saturated heterocycles. The maximum atomic E-state index is 13.8. The molecule has 192 valence electrons. The van der Waals surface area contributed by atoms with Gasteiger partial charge in [-0.2, -0.15) is 4.31 Å². The van der Waals surface area contributed by atoms with Crippen molar-refractivity contribution in [2.75, 3.05) is 13.7 Å². The molecule has 1 heterocycles. The van der Waals surface area contributed by atoms with Crippen molar-refractivity contribution >= 4 is 38.7 Å². The van der Waals surface area contributed by atoms with E-state index in [1.54, 1.807) is 35.7 Å². The lowest BCUT2D eigenvalue weighted by Gasteiger charge is -2.29. The molecule has 4 rings (SSSR count). The third kappa shape index (κ3) is 6.48. The molecule has 0 radical (unpaired) electrons. The maximum absolute atomic E-state index is 13.8. The predicted octanol–water partition coefficient (Wildman–Crippen LogP) is 7.18. The van der Waals surface area contributed by atoms with Crippen molar-refractivity contribution in [2.45, 2.75) is 49.8 Å². The number of carbonyl (C=O) groups excluding carboxylic acids is 1. The van der Waals surface area contributed by atoms with Crippen LogP contribution in [-0.2, 0) is 16.6 Å². The van der Waals surface area contributed by atoms with Crippen LogP contribution in [0.4, 0.5) is 0 Å². The topological polar surface area (TPSA) is 72.9 Å². The second-order valence-corrected chi connectivity index (χ2v) is 12.6. The molecule has 3 aromatic rings. The number of nitrogens with zero attached hydrogens (tertiary/aromatic N) is 1. The number of sulfonamides is 1. The minimum Gasteiger partial charge on any atom is -0.497 e. The molecule has 0 spiro atoms. The fraction of sp³-hybridized carbons (Fsp3) is 0.370. The Kier molecular flexibility index (Phi) is 8.72. The van der Waals surface area contributed by atoms with E-state index < -0.39 is 10.0 Å². The summed E-state index contributed by atoms with van der Waals surface area (Å²) in [5, 5.41) is 0.532. The van der Waals surface area contributed by atoms with Gasteiger partial charge in [0, 0.05) is 18.7 Å². The Bertz CT molecular complexity index is 1280. The van der Waals surface area contributed by atoms with Gasteiger partial charge in [-0.15, -0.1) is 0 Å². The van der Waals surface area contributed by atoms with E-state index in [0.717, 1.165) is 48.3 Å². The molecule has 9 heteroatoms. The number of thiophene rings is 1. The number of benzene rings is 2. The Balaban J connectivity index is 1.58. The summed E-state index contributed by atoms with van der Waals surface area (Å²) in [5.41, 5.74) is 1.46. The average molecular weight is 548 g/mol. The second-order valence-electron chi connectivity index (χ2n) is 9.03. The fourth-order valence-electron chi connectivity index (χ4n) is 4.36. The molecule has 1 aliphatic carbocycles. The van der Waals surface area contributed by atoms with Gasteiger partial charge in [0.15, 0.2) is 5.78 Å². The number of ketones is 1. The van der Waals surface area contributed by atoms with E-state index in [4.69, 9.17) is 21.1 Å². The smallest absolute Gasteiger partial charge is 0.253 e. The third-order valence-corrected chi connectivity index (χ3v) is 10.1. The van der Waals surface area contributed by atoms with Crippen LogP contribution in [0.2, 0.25) is 5.02 Å². The first-order valence-corrected chi connectivity index (χ1v) is 14.6. The van der Waals surface area contributed by atoms with Gasteiger partial charge in [-0.25, -0.2) is 8.42 Å². The first kappa shape index (κ1) is 26.7. The summed E-state index contributed by atoms with van der Waals surface area (Å²) < 4.78 is 40.5. The highest BCUT2D eigenvalue weighted by Crippen LogP contribution is 2.41. The number of Topliss-reactive ketones (excluding diaryl/α,β-unsaturated/α-hetero) is 1. The van der Waals surface area contributed by atoms with Crippen LogP contribution in [0.25, 0.3) is 0 Å². The lowest BCUT2D eigenvalue weighted by atomic mass is 9.89. The van der Waals surface area contributed by atoms with Crippen LogP contribution >= 0.6 is 22.9 Å². The summed E-state index contributed by atoms with van der Waals surface area (Å²) in [7, 11) is -2.21. The van der Waals surface area contributed by atoms with Crippen LogP contribution in [0.1, 0.15) is 54.9 Å². The normalized spacial score (nSPS) is 14.7. The number of ether oxygens (including phenoxy) is 2. The van der Waals surface area contributed by atoms with E-state index >= 15 is 0 Å². The zero-order valence-electron chi connectivity index (χ0n) is 20.4. The van der Waals surface area contributed by atoms with Gasteiger partial charge >= 0.3 is 0 Å². The van der Waals surface area contributed by atoms with Crippen molar-refractivity contribution in [3.05, 3.63) is 70.7 Å². The van der Waals surface area contributed by atoms with Gasteiger partial charge in [0.25, 0.3) is 10.0 Å². The highest BCUT2D eigenvalue weighted by Gasteiger charge is 2.31. The summed E-state index contributed by atoms with van der Waals surface area (Å²) in [6.07, 6.45) is 5.53. The summed E-state index contributed by atoms with van der Waals surface area (Å²) >= 11 is 7.42. The summed E-state index contributed by atoms with van der Waals surface area (Å²) in [6, 6.07) is 15.6. The Labute approximate surface area is 221 Å². The van der Waals surface area contributed by atoms with Crippen molar-refractivity contribution in [1.29, 1.82) is 0 Å². The second kappa shape index (κ2) is 11.8. The number of halogens is 1. The molecule has 6 nitrogen and oxygen atoms in total. The van der Waals surface area contributed by atoms with Crippen molar-refractivity contribution in [1.82, 2.24) is 4.31 Å². The van der Waals surface area contributed by atoms with Gasteiger partial charge in [-0.05, 0) is 73.7 Å². The van der Waals surface area contributed by atoms with Gasteiger partial charge < -0.3 is 9.47 Å². The molecule has 2 aromatic carbocycles. The van der Waals surface area contributed by atoms with Crippen LogP contribution < -0.4 is 9.47 Å². The quantitative estimate of drug-likeness (QED) is 0.251. The van der Waals surface area contributed by atoms with E-state index in [1.807, 2.05) is 24.3 Å². The van der Waals surface area contributed by atoms with E-state index in [2.05, 4.69) is 0 Å². The largest absolute Gasteiger partial charge is 0.497 e. The zero-order chi connectivity index (χ0) is 25.7. The van der Waals surface area contributed by atoms with Gasteiger partial charge in [0.2, 0.25) is 5.06 Å². The van der Waals surface area contributed by atoms with E-state index in [-0.39, 0.29) is 21.6 Å². The highest BCUT2D eigenvalue weighted by atomic mass is 35.5. The zero-order valence-corrected chi connectivity index (χ0v) is 22.8. The van der Waals surface area contributed by atoms with E-state index in [9.17, 15) is 13.2 Å². The minimum atomic E-state index is -3.81. The number of rotatable bonds is 10. The van der Waals surface area contributed by atoms with Gasteiger partial charge in [0.1, 0.15) is 15.7 Å². The average Bonchev–Trinajstić information content (AvgIpc) is 3.26. The predicted molar refractivity (Wildman–Crippen MR) is 143 cm³/mol. The molecule has 0 bridgehead atoms. The maximum Gasteiger partial charge on any atom is 0.253 e. The molecule has 0 aliphatic heterocycles. The summed E-state index contributed by atoms with van der Waals surface area (Å²) in [6.45, 7) is 2.22. The van der Waals surface area contributed by atoms with E-state index in [1.165, 1.54) is 19.4 Å². The Hall–Kier alpha value is -2.39. The van der Waals surface area contributed by atoms with Crippen LogP contribution in [0.5, 0.6) is 16.6 Å². The molecule has 0 amide bonds. The minimum absolute atomic E-state index is 0.0426. The molecular weight excluding hydrogens is 518 g/mol. The molecule has 1 fully saturated rings. The van der Waals surface area contributed by atoms with Crippen molar-refractivity contribution in [3.63, 3.8) is 0 Å². The third-order valence-electron chi connectivity index (χ3n) is 6.40. The molecule has 0 unspecified atom stereocenters. The Morgan fingerprint density at radius 2 is 1.67 bits per heavy atom. The summed E-state index contributed by atoms with van der Waals surface area (Å²) in [5.74, 6) is 1.49. The number of hydrogen-bond donors (Lipinski definition) is 0. The van der Waals surface area contributed by atoms with Crippen LogP contribution in [0, 0.1) is 5.92 Å². The van der Waals surface area contributed by atoms with Gasteiger partial charge in [-0.1, -0.05) is 54.3 Å². The number of hydrogen-bond acceptors (Lipinski definition) is 6. The van der Waals surface area contributed by atoms with Crippen LogP contribution in [0.3, 0.4) is 0 Å². The lowest BCUT2D eigenvalue weighted by molar-refractivity contribution is 0.101. The van der Waals surface area contributed by atoms with Crippen LogP contribution in [0.15, 0.2) is 58.8 Å². The molecule has 1 saturated carbocycles. The molecular formula is C27H30ClNO5S2. The molecule has 0 N–H and O–H groups in total. The fourth-order valence-corrected chi connectivity index (χ4v) is 7.62. The van der Waals surface area contributed by atoms with Crippen LogP contribution in [-0.4, -0.2) is 32.2 Å².